The van der Waals surface area contributed by atoms with E-state index >= 15 is 0 Å². The molecule has 0 heterocycles. The second-order valence-electron chi connectivity index (χ2n) is 5.56. The first-order chi connectivity index (χ1) is 10.3. The van der Waals surface area contributed by atoms with Crippen molar-refractivity contribution in [2.45, 2.75) is 31.8 Å². The molecule has 0 bridgehead atoms. The standard InChI is InChI=1S/C16H25NO4S/c1-13(2)16(19)5-4-10-17(11-12-18)22(20,21)15-8-6-14(3)7-9-15/h4-9,13,16,18-19H,10-12H2,1-3H3/b5-4-/t16-/m0/s1. The number of hydrogen-bond donors (Lipinski definition) is 2. The van der Waals surface area contributed by atoms with Crippen molar-refractivity contribution in [1.29, 1.82) is 0 Å². The SMILES string of the molecule is Cc1ccc(S(=O)(=O)N(C/C=C\[C@H](O)C(C)C)CCO)cc1. The third kappa shape index (κ3) is 5.21. The summed E-state index contributed by atoms with van der Waals surface area (Å²) >= 11 is 0. The molecule has 1 aromatic carbocycles. The molecule has 1 aromatic rings. The van der Waals surface area contributed by atoms with E-state index in [-0.39, 0.29) is 30.5 Å². The Labute approximate surface area is 133 Å². The van der Waals surface area contributed by atoms with Gasteiger partial charge in [0, 0.05) is 13.1 Å². The van der Waals surface area contributed by atoms with Gasteiger partial charge >= 0.3 is 0 Å². The molecule has 0 amide bonds. The summed E-state index contributed by atoms with van der Waals surface area (Å²) in [6.45, 7) is 5.51. The van der Waals surface area contributed by atoms with Crippen molar-refractivity contribution in [2.75, 3.05) is 19.7 Å². The third-order valence-electron chi connectivity index (χ3n) is 3.33. The van der Waals surface area contributed by atoms with Crippen LogP contribution in [0.4, 0.5) is 0 Å². The van der Waals surface area contributed by atoms with E-state index in [0.29, 0.717) is 0 Å². The molecule has 0 aliphatic rings. The van der Waals surface area contributed by atoms with Crippen LogP contribution in [0.1, 0.15) is 19.4 Å². The largest absolute Gasteiger partial charge is 0.395 e. The number of aryl methyl sites for hydroxylation is 1. The molecule has 0 radical (unpaired) electrons. The predicted octanol–water partition coefficient (Wildman–Crippen LogP) is 1.55. The van der Waals surface area contributed by atoms with Gasteiger partial charge in [0.15, 0.2) is 0 Å². The smallest absolute Gasteiger partial charge is 0.243 e. The first-order valence-corrected chi connectivity index (χ1v) is 8.75. The molecule has 2 N–H and O–H groups in total. The average Bonchev–Trinajstić information content (AvgIpc) is 2.46. The molecule has 0 fully saturated rings. The fourth-order valence-electron chi connectivity index (χ4n) is 1.82. The van der Waals surface area contributed by atoms with Gasteiger partial charge in [0.05, 0.1) is 17.6 Å². The second-order valence-corrected chi connectivity index (χ2v) is 7.50. The van der Waals surface area contributed by atoms with Crippen molar-refractivity contribution in [3.8, 4) is 0 Å². The first-order valence-electron chi connectivity index (χ1n) is 7.31. The lowest BCUT2D eigenvalue weighted by atomic mass is 10.1. The van der Waals surface area contributed by atoms with E-state index in [1.807, 2.05) is 20.8 Å². The van der Waals surface area contributed by atoms with Crippen molar-refractivity contribution >= 4 is 10.0 Å². The second kappa shape index (κ2) is 8.43. The lowest BCUT2D eigenvalue weighted by molar-refractivity contribution is 0.171. The number of hydrogen-bond acceptors (Lipinski definition) is 4. The Kier molecular flexibility index (Phi) is 7.22. The van der Waals surface area contributed by atoms with Crippen molar-refractivity contribution < 1.29 is 18.6 Å². The van der Waals surface area contributed by atoms with Gasteiger partial charge in [0.2, 0.25) is 10.0 Å². The predicted molar refractivity (Wildman–Crippen MR) is 87.0 cm³/mol. The maximum absolute atomic E-state index is 12.6. The van der Waals surface area contributed by atoms with Crippen LogP contribution in [-0.2, 0) is 10.0 Å². The van der Waals surface area contributed by atoms with E-state index in [1.165, 1.54) is 4.31 Å². The Morgan fingerprint density at radius 2 is 1.82 bits per heavy atom. The lowest BCUT2D eigenvalue weighted by Gasteiger charge is -2.20. The molecule has 1 rings (SSSR count). The van der Waals surface area contributed by atoms with E-state index in [4.69, 9.17) is 5.11 Å². The van der Waals surface area contributed by atoms with Crippen molar-refractivity contribution in [1.82, 2.24) is 4.31 Å². The maximum atomic E-state index is 12.6. The zero-order valence-corrected chi connectivity index (χ0v) is 14.1. The van der Waals surface area contributed by atoms with Gasteiger partial charge < -0.3 is 10.2 Å². The van der Waals surface area contributed by atoms with Crippen LogP contribution < -0.4 is 0 Å². The van der Waals surface area contributed by atoms with Crippen LogP contribution in [0.3, 0.4) is 0 Å². The Balaban J connectivity index is 2.91. The van der Waals surface area contributed by atoms with Crippen molar-refractivity contribution in [2.24, 2.45) is 5.92 Å². The lowest BCUT2D eigenvalue weighted by Crippen LogP contribution is -2.34. The number of aliphatic hydroxyl groups excluding tert-OH is 2. The number of nitrogens with zero attached hydrogens (tertiary/aromatic N) is 1. The van der Waals surface area contributed by atoms with E-state index in [1.54, 1.807) is 36.4 Å². The normalized spacial score (nSPS) is 14.1. The number of rotatable bonds is 8. The van der Waals surface area contributed by atoms with Gasteiger partial charge in [-0.15, -0.1) is 0 Å². The quantitative estimate of drug-likeness (QED) is 0.710. The topological polar surface area (TPSA) is 77.8 Å². The zero-order chi connectivity index (χ0) is 16.8. The highest BCUT2D eigenvalue weighted by atomic mass is 32.2. The monoisotopic (exact) mass is 327 g/mol. The highest BCUT2D eigenvalue weighted by Crippen LogP contribution is 2.16. The molecule has 0 unspecified atom stereocenters. The highest BCUT2D eigenvalue weighted by molar-refractivity contribution is 7.89. The number of aliphatic hydroxyl groups is 2. The summed E-state index contributed by atoms with van der Waals surface area (Å²) in [4.78, 5) is 0.198. The summed E-state index contributed by atoms with van der Waals surface area (Å²) in [6.07, 6.45) is 2.59. The summed E-state index contributed by atoms with van der Waals surface area (Å²) in [5, 5.41) is 18.8. The summed E-state index contributed by atoms with van der Waals surface area (Å²) in [7, 11) is -3.66. The summed E-state index contributed by atoms with van der Waals surface area (Å²) in [5.74, 6) is 0.0660. The van der Waals surface area contributed by atoms with Crippen molar-refractivity contribution in [3.63, 3.8) is 0 Å². The summed E-state index contributed by atoms with van der Waals surface area (Å²) in [5.41, 5.74) is 0.979. The van der Waals surface area contributed by atoms with E-state index in [9.17, 15) is 13.5 Å². The molecule has 0 aromatic heterocycles. The van der Waals surface area contributed by atoms with Gasteiger partial charge in [0.25, 0.3) is 0 Å². The molecule has 6 heteroatoms. The Morgan fingerprint density at radius 3 is 2.32 bits per heavy atom. The molecule has 0 saturated carbocycles. The van der Waals surface area contributed by atoms with Crippen LogP contribution in [0.15, 0.2) is 41.3 Å². The van der Waals surface area contributed by atoms with E-state index in [2.05, 4.69) is 0 Å². The van der Waals surface area contributed by atoms with Crippen LogP contribution in [0.2, 0.25) is 0 Å². The van der Waals surface area contributed by atoms with E-state index < -0.39 is 16.1 Å². The Hall–Kier alpha value is -1.21. The van der Waals surface area contributed by atoms with Gasteiger partial charge in [-0.25, -0.2) is 8.42 Å². The molecule has 5 nitrogen and oxygen atoms in total. The molecule has 0 aliphatic heterocycles. The fourth-order valence-corrected chi connectivity index (χ4v) is 3.20. The van der Waals surface area contributed by atoms with E-state index in [0.717, 1.165) is 5.56 Å². The van der Waals surface area contributed by atoms with Crippen LogP contribution in [-0.4, -0.2) is 48.7 Å². The van der Waals surface area contributed by atoms with Gasteiger partial charge in [0.1, 0.15) is 0 Å². The highest BCUT2D eigenvalue weighted by Gasteiger charge is 2.22. The molecular weight excluding hydrogens is 302 g/mol. The summed E-state index contributed by atoms with van der Waals surface area (Å²) < 4.78 is 26.3. The van der Waals surface area contributed by atoms with Crippen LogP contribution >= 0.6 is 0 Å². The van der Waals surface area contributed by atoms with Crippen LogP contribution in [0.5, 0.6) is 0 Å². The molecule has 22 heavy (non-hydrogen) atoms. The number of sulfonamides is 1. The molecule has 124 valence electrons. The maximum Gasteiger partial charge on any atom is 0.243 e. The minimum atomic E-state index is -3.66. The minimum Gasteiger partial charge on any atom is -0.395 e. The van der Waals surface area contributed by atoms with Crippen molar-refractivity contribution in [3.05, 3.63) is 42.0 Å². The molecule has 1 atom stereocenters. The zero-order valence-electron chi connectivity index (χ0n) is 13.3. The van der Waals surface area contributed by atoms with Gasteiger partial charge in [-0.2, -0.15) is 4.31 Å². The van der Waals surface area contributed by atoms with Crippen LogP contribution in [0, 0.1) is 12.8 Å². The molecule has 0 saturated heterocycles. The molecule has 0 spiro atoms. The molecular formula is C16H25NO4S. The Morgan fingerprint density at radius 1 is 1.23 bits per heavy atom. The van der Waals surface area contributed by atoms with Gasteiger partial charge in [-0.1, -0.05) is 43.7 Å². The number of benzene rings is 1. The average molecular weight is 327 g/mol. The fraction of sp³-hybridized carbons (Fsp3) is 0.500. The first kappa shape index (κ1) is 18.8. The third-order valence-corrected chi connectivity index (χ3v) is 5.21. The van der Waals surface area contributed by atoms with Gasteiger partial charge in [-0.05, 0) is 25.0 Å². The van der Waals surface area contributed by atoms with Crippen LogP contribution in [0.25, 0.3) is 0 Å². The molecule has 0 aliphatic carbocycles. The minimum absolute atomic E-state index is 0.0122. The Bertz CT molecular complexity index is 579. The summed E-state index contributed by atoms with van der Waals surface area (Å²) in [6, 6.07) is 6.59. The van der Waals surface area contributed by atoms with Gasteiger partial charge in [-0.3, -0.25) is 0 Å².